The number of rotatable bonds is 6. The highest BCUT2D eigenvalue weighted by Crippen LogP contribution is 2.38. The molecule has 3 heterocycles. The summed E-state index contributed by atoms with van der Waals surface area (Å²) in [6.45, 7) is 0. The summed E-state index contributed by atoms with van der Waals surface area (Å²) in [5.74, 6) is 0. The molecule has 0 N–H and O–H groups in total. The summed E-state index contributed by atoms with van der Waals surface area (Å²) in [5, 5.41) is 15.9. The fraction of sp³-hybridized carbons (Fsp3) is 0. The molecular formula is C72H50N2Si2. The van der Waals surface area contributed by atoms with Crippen molar-refractivity contribution in [1.29, 1.82) is 0 Å². The van der Waals surface area contributed by atoms with Gasteiger partial charge in [0.2, 0.25) is 0 Å². The summed E-state index contributed by atoms with van der Waals surface area (Å²) in [7, 11) is -6.75. The second kappa shape index (κ2) is 17.7. The van der Waals surface area contributed by atoms with Gasteiger partial charge in [0.1, 0.15) is 0 Å². The first kappa shape index (κ1) is 44.2. The van der Waals surface area contributed by atoms with Gasteiger partial charge in [0.05, 0.1) is 22.1 Å². The van der Waals surface area contributed by atoms with Crippen LogP contribution in [0.5, 0.6) is 0 Å². The molecule has 0 amide bonds. The van der Waals surface area contributed by atoms with Crippen molar-refractivity contribution in [2.45, 2.75) is 0 Å². The molecule has 12 aromatic carbocycles. The molecule has 0 fully saturated rings. The maximum Gasteiger partial charge on any atom is 0.180 e. The lowest BCUT2D eigenvalue weighted by Crippen LogP contribution is -2.85. The van der Waals surface area contributed by atoms with E-state index in [9.17, 15) is 0 Å². The van der Waals surface area contributed by atoms with Crippen LogP contribution in [0.2, 0.25) is 0 Å². The van der Waals surface area contributed by atoms with Crippen molar-refractivity contribution in [2.75, 3.05) is 0 Å². The molecule has 1 aliphatic heterocycles. The number of hydrogen-bond donors (Lipinski definition) is 0. The topological polar surface area (TPSA) is 9.86 Å². The Morgan fingerprint density at radius 1 is 0.197 bits per heavy atom. The van der Waals surface area contributed by atoms with Gasteiger partial charge in [0.15, 0.2) is 16.1 Å². The zero-order chi connectivity index (χ0) is 50.2. The lowest BCUT2D eigenvalue weighted by atomic mass is 9.94. The van der Waals surface area contributed by atoms with Gasteiger partial charge in [0, 0.05) is 32.9 Å². The Kier molecular flexibility index (Phi) is 10.3. The first-order valence-corrected chi connectivity index (χ1v) is 30.4. The predicted octanol–water partition coefficient (Wildman–Crippen LogP) is 12.3. The Morgan fingerprint density at radius 2 is 0.513 bits per heavy atom. The normalized spacial score (nSPS) is 13.5. The molecule has 0 saturated carbocycles. The van der Waals surface area contributed by atoms with E-state index >= 15 is 0 Å². The third kappa shape index (κ3) is 6.38. The van der Waals surface area contributed by atoms with Gasteiger partial charge in [-0.1, -0.05) is 255 Å². The number of aromatic nitrogens is 2. The van der Waals surface area contributed by atoms with Gasteiger partial charge in [-0.25, -0.2) is 0 Å². The van der Waals surface area contributed by atoms with Crippen LogP contribution in [0.25, 0.3) is 77.2 Å². The molecule has 2 aromatic heterocycles. The van der Waals surface area contributed by atoms with E-state index in [4.69, 9.17) is 0 Å². The molecule has 0 spiro atoms. The van der Waals surface area contributed by atoms with Crippen LogP contribution in [0, 0.1) is 0 Å². The van der Waals surface area contributed by atoms with Gasteiger partial charge in [-0.05, 0) is 112 Å². The van der Waals surface area contributed by atoms with E-state index in [-0.39, 0.29) is 0 Å². The van der Waals surface area contributed by atoms with Crippen molar-refractivity contribution in [3.63, 3.8) is 0 Å². The number of hydrogen-bond acceptors (Lipinski definition) is 0. The Bertz CT molecular complexity index is 4390. The van der Waals surface area contributed by atoms with Crippen molar-refractivity contribution < 1.29 is 0 Å². The van der Waals surface area contributed by atoms with Crippen LogP contribution in [0.3, 0.4) is 0 Å². The van der Waals surface area contributed by atoms with Gasteiger partial charge >= 0.3 is 0 Å². The van der Waals surface area contributed by atoms with E-state index in [0.717, 1.165) is 11.4 Å². The van der Waals surface area contributed by atoms with Crippen molar-refractivity contribution >= 4 is 101 Å². The molecule has 76 heavy (non-hydrogen) atoms. The summed E-state index contributed by atoms with van der Waals surface area (Å²) in [6.07, 6.45) is 0. The minimum atomic E-state index is -3.42. The standard InChI is InChI=1S/C72H50N2Si2/c1-5-25-53(26-6-1)75(54-27-7-2-8-28-54)69-43-23-18-38-62(69)57-33-13-14-34-58(57)63-39-19-24-44-70(63)76(55-29-9-3-10-30-55,56-31-11-4-12-32-56)72-50-52(46-48-71(72)75)74-67-42-22-17-37-61(67)64-49-51(45-47-68(64)74)73-65-40-20-15-35-59(65)60-36-16-21-41-66(60)73/h1-50H. The van der Waals surface area contributed by atoms with Crippen LogP contribution < -0.4 is 41.5 Å². The van der Waals surface area contributed by atoms with Crippen LogP contribution in [-0.4, -0.2) is 25.3 Å². The lowest BCUT2D eigenvalue weighted by Gasteiger charge is -2.44. The summed E-state index contributed by atoms with van der Waals surface area (Å²) >= 11 is 0. The van der Waals surface area contributed by atoms with Gasteiger partial charge in [-0.3, -0.25) is 0 Å². The molecule has 1 aliphatic rings. The van der Waals surface area contributed by atoms with E-state index in [0.29, 0.717) is 0 Å². The minimum absolute atomic E-state index is 1.14. The third-order valence-corrected chi connectivity index (χ3v) is 26.6. The highest BCUT2D eigenvalue weighted by molar-refractivity contribution is 7.27. The number of benzene rings is 12. The molecular weight excluding hydrogens is 949 g/mol. The Morgan fingerprint density at radius 3 is 0.961 bits per heavy atom. The molecule has 0 radical (unpaired) electrons. The fourth-order valence-electron chi connectivity index (χ4n) is 13.6. The summed E-state index contributed by atoms with van der Waals surface area (Å²) in [5.41, 5.74) is 12.1. The van der Waals surface area contributed by atoms with E-state index in [1.54, 1.807) is 0 Å². The fourth-order valence-corrected chi connectivity index (χ4v) is 24.8. The van der Waals surface area contributed by atoms with Crippen LogP contribution in [-0.2, 0) is 0 Å². The predicted molar refractivity (Wildman–Crippen MR) is 327 cm³/mol. The molecule has 0 saturated heterocycles. The molecule has 0 atom stereocenters. The number of para-hydroxylation sites is 3. The van der Waals surface area contributed by atoms with Crippen molar-refractivity contribution in [3.8, 4) is 33.6 Å². The highest BCUT2D eigenvalue weighted by Gasteiger charge is 2.52. The Balaban J connectivity index is 1.14. The molecule has 0 unspecified atom stereocenters. The largest absolute Gasteiger partial charge is 0.309 e. The lowest BCUT2D eigenvalue weighted by molar-refractivity contribution is 1.17. The Hall–Kier alpha value is -9.33. The molecule has 15 rings (SSSR count). The quantitative estimate of drug-likeness (QED) is 0.147. The van der Waals surface area contributed by atoms with Crippen molar-refractivity contribution in [2.24, 2.45) is 0 Å². The van der Waals surface area contributed by atoms with Crippen molar-refractivity contribution in [3.05, 3.63) is 303 Å². The van der Waals surface area contributed by atoms with Crippen LogP contribution >= 0.6 is 0 Å². The van der Waals surface area contributed by atoms with E-state index in [1.807, 2.05) is 0 Å². The number of fused-ring (bicyclic) bond motifs is 12. The molecule has 2 nitrogen and oxygen atoms in total. The second-order valence-electron chi connectivity index (χ2n) is 20.3. The third-order valence-electron chi connectivity index (χ3n) is 16.6. The molecule has 14 aromatic rings. The second-order valence-corrected chi connectivity index (χ2v) is 27.7. The molecule has 356 valence electrons. The number of nitrogens with zero attached hydrogens (tertiary/aromatic N) is 2. The van der Waals surface area contributed by atoms with Gasteiger partial charge in [-0.15, -0.1) is 0 Å². The maximum absolute atomic E-state index is 3.42. The molecule has 0 bridgehead atoms. The summed E-state index contributed by atoms with van der Waals surface area (Å²) in [6, 6.07) is 116. The first-order valence-electron chi connectivity index (χ1n) is 26.4. The van der Waals surface area contributed by atoms with Gasteiger partial charge in [0.25, 0.3) is 0 Å². The zero-order valence-electron chi connectivity index (χ0n) is 41.8. The first-order chi connectivity index (χ1) is 37.7. The smallest absolute Gasteiger partial charge is 0.180 e. The van der Waals surface area contributed by atoms with E-state index in [2.05, 4.69) is 312 Å². The average molecular weight is 999 g/mol. The van der Waals surface area contributed by atoms with E-state index in [1.165, 1.54) is 107 Å². The van der Waals surface area contributed by atoms with E-state index < -0.39 is 16.1 Å². The zero-order valence-corrected chi connectivity index (χ0v) is 43.8. The van der Waals surface area contributed by atoms with Crippen molar-refractivity contribution in [1.82, 2.24) is 9.13 Å². The Labute approximate surface area is 444 Å². The molecule has 4 heteroatoms. The monoisotopic (exact) mass is 998 g/mol. The van der Waals surface area contributed by atoms with Gasteiger partial charge < -0.3 is 9.13 Å². The van der Waals surface area contributed by atoms with Crippen LogP contribution in [0.1, 0.15) is 0 Å². The minimum Gasteiger partial charge on any atom is -0.309 e. The maximum atomic E-state index is 2.66. The van der Waals surface area contributed by atoms with Crippen LogP contribution in [0.15, 0.2) is 303 Å². The summed E-state index contributed by atoms with van der Waals surface area (Å²) in [4.78, 5) is 0. The molecule has 0 aliphatic carbocycles. The average Bonchev–Trinajstić information content (AvgIpc) is 4.16. The van der Waals surface area contributed by atoms with Gasteiger partial charge in [-0.2, -0.15) is 0 Å². The van der Waals surface area contributed by atoms with Crippen LogP contribution in [0.4, 0.5) is 0 Å². The highest BCUT2D eigenvalue weighted by atomic mass is 28.3. The SMILES string of the molecule is c1ccc([Si]2(c3ccccc3)c3ccccc3-c3ccccc3-c3ccccc3[Si](c3ccccc3)(c3ccccc3)c3cc(-n4c5ccccc5c5cc(-n6c7ccccc7c7ccccc76)ccc54)ccc32)cc1. The summed E-state index contributed by atoms with van der Waals surface area (Å²) < 4.78 is 5.00.